The zero-order valence-corrected chi connectivity index (χ0v) is 19.8. The SMILES string of the molecule is C=C(O)C12CC1/C=C\CCCCC[C@H](CC(=O)N1CCCCC1)C(=O)N1CCC[C@H]1C(=O)N2. The van der Waals surface area contributed by atoms with Gasteiger partial charge in [0, 0.05) is 37.9 Å². The van der Waals surface area contributed by atoms with Gasteiger partial charge in [-0.25, -0.2) is 0 Å². The van der Waals surface area contributed by atoms with Gasteiger partial charge in [-0.05, 0) is 57.8 Å². The first kappa shape index (κ1) is 23.8. The van der Waals surface area contributed by atoms with E-state index in [1.54, 1.807) is 4.90 Å². The summed E-state index contributed by atoms with van der Waals surface area (Å²) in [5.74, 6) is -0.548. The maximum Gasteiger partial charge on any atom is 0.243 e. The molecule has 0 bridgehead atoms. The molecule has 182 valence electrons. The van der Waals surface area contributed by atoms with Crippen molar-refractivity contribution in [3.63, 3.8) is 0 Å². The van der Waals surface area contributed by atoms with Gasteiger partial charge in [0.25, 0.3) is 0 Å². The Morgan fingerprint density at radius 2 is 1.82 bits per heavy atom. The van der Waals surface area contributed by atoms with Gasteiger partial charge in [-0.1, -0.05) is 31.6 Å². The summed E-state index contributed by atoms with van der Waals surface area (Å²) < 4.78 is 0. The van der Waals surface area contributed by atoms with E-state index in [1.165, 1.54) is 0 Å². The molecule has 2 unspecified atom stereocenters. The van der Waals surface area contributed by atoms with Crippen LogP contribution in [0.4, 0.5) is 0 Å². The quantitative estimate of drug-likeness (QED) is 0.502. The third-order valence-corrected chi connectivity index (χ3v) is 7.99. The highest BCUT2D eigenvalue weighted by molar-refractivity contribution is 5.92. The second-order valence-electron chi connectivity index (χ2n) is 10.3. The van der Waals surface area contributed by atoms with Crippen LogP contribution < -0.4 is 5.32 Å². The van der Waals surface area contributed by atoms with Crippen molar-refractivity contribution in [2.24, 2.45) is 11.8 Å². The van der Waals surface area contributed by atoms with Gasteiger partial charge in [0.05, 0.1) is 0 Å². The summed E-state index contributed by atoms with van der Waals surface area (Å²) in [6, 6.07) is -0.545. The number of amides is 3. The van der Waals surface area contributed by atoms with E-state index in [1.807, 2.05) is 4.90 Å². The van der Waals surface area contributed by atoms with E-state index in [2.05, 4.69) is 24.0 Å². The molecule has 0 aromatic carbocycles. The van der Waals surface area contributed by atoms with E-state index in [-0.39, 0.29) is 41.7 Å². The Bertz CT molecular complexity index is 803. The van der Waals surface area contributed by atoms with E-state index < -0.39 is 11.6 Å². The molecule has 33 heavy (non-hydrogen) atoms. The van der Waals surface area contributed by atoms with Gasteiger partial charge in [-0.15, -0.1) is 0 Å². The van der Waals surface area contributed by atoms with Crippen LogP contribution in [0.1, 0.15) is 77.0 Å². The number of nitrogens with zero attached hydrogens (tertiary/aromatic N) is 2. The van der Waals surface area contributed by atoms with Gasteiger partial charge in [-0.3, -0.25) is 14.4 Å². The molecule has 1 aliphatic carbocycles. The number of carbonyl (C=O) groups excluding carboxylic acids is 3. The number of aliphatic hydroxyl groups excluding tert-OH is 1. The normalized spacial score (nSPS) is 34.4. The van der Waals surface area contributed by atoms with Crippen LogP contribution in [0.15, 0.2) is 24.5 Å². The molecule has 0 spiro atoms. The lowest BCUT2D eigenvalue weighted by Crippen LogP contribution is -2.52. The van der Waals surface area contributed by atoms with Crippen molar-refractivity contribution >= 4 is 17.7 Å². The van der Waals surface area contributed by atoms with Gasteiger partial charge in [-0.2, -0.15) is 0 Å². The Kier molecular flexibility index (Phi) is 7.45. The summed E-state index contributed by atoms with van der Waals surface area (Å²) in [7, 11) is 0. The Morgan fingerprint density at radius 1 is 1.06 bits per heavy atom. The summed E-state index contributed by atoms with van der Waals surface area (Å²) in [5.41, 5.74) is -0.811. The molecule has 0 aromatic rings. The minimum Gasteiger partial charge on any atom is -0.510 e. The summed E-state index contributed by atoms with van der Waals surface area (Å²) in [6.07, 6.45) is 14.3. The average molecular weight is 458 g/mol. The Labute approximate surface area is 197 Å². The molecular formula is C26H39N3O4. The van der Waals surface area contributed by atoms with E-state index in [0.29, 0.717) is 25.8 Å². The number of likely N-dealkylation sites (tertiary alicyclic amines) is 1. The van der Waals surface area contributed by atoms with Crippen molar-refractivity contribution in [2.75, 3.05) is 19.6 Å². The van der Waals surface area contributed by atoms with Gasteiger partial charge < -0.3 is 20.2 Å². The number of fused-ring (bicyclic) bond motifs is 2. The fraction of sp³-hybridized carbons (Fsp3) is 0.731. The van der Waals surface area contributed by atoms with Gasteiger partial charge >= 0.3 is 0 Å². The summed E-state index contributed by atoms with van der Waals surface area (Å²) in [5, 5.41) is 13.3. The molecule has 0 aromatic heterocycles. The third kappa shape index (κ3) is 5.28. The third-order valence-electron chi connectivity index (χ3n) is 7.99. The first-order valence-corrected chi connectivity index (χ1v) is 12.9. The molecule has 4 aliphatic rings. The standard InChI is InChI=1S/C26H39N3O4/c1-19(30)26-18-21(26)12-7-4-2-3-6-11-20(17-23(31)28-14-8-5-9-15-28)25(33)29-16-10-13-22(29)24(32)27-26/h7,12,20-22,30H,1-6,8-11,13-18H2,(H,27,32)/b12-7-/t20-,21?,22+,26?/m1/s1. The smallest absolute Gasteiger partial charge is 0.243 e. The summed E-state index contributed by atoms with van der Waals surface area (Å²) in [6.45, 7) is 5.83. The number of hydrogen-bond donors (Lipinski definition) is 2. The van der Waals surface area contributed by atoms with Crippen molar-refractivity contribution in [2.45, 2.75) is 88.6 Å². The van der Waals surface area contributed by atoms with E-state index >= 15 is 0 Å². The molecule has 7 heteroatoms. The highest BCUT2D eigenvalue weighted by Gasteiger charge is 2.57. The summed E-state index contributed by atoms with van der Waals surface area (Å²) in [4.78, 5) is 43.5. The molecule has 3 fully saturated rings. The number of carbonyl (C=O) groups is 3. The zero-order chi connectivity index (χ0) is 23.4. The topological polar surface area (TPSA) is 90.0 Å². The molecule has 3 heterocycles. The highest BCUT2D eigenvalue weighted by Crippen LogP contribution is 2.49. The molecule has 2 N–H and O–H groups in total. The van der Waals surface area contributed by atoms with Crippen LogP contribution in [0.25, 0.3) is 0 Å². The number of allylic oxidation sites excluding steroid dienone is 1. The van der Waals surface area contributed by atoms with Crippen LogP contribution in [0.2, 0.25) is 0 Å². The zero-order valence-electron chi connectivity index (χ0n) is 19.8. The van der Waals surface area contributed by atoms with E-state index in [9.17, 15) is 19.5 Å². The van der Waals surface area contributed by atoms with Crippen molar-refractivity contribution < 1.29 is 19.5 Å². The monoisotopic (exact) mass is 457 g/mol. The van der Waals surface area contributed by atoms with Gasteiger partial charge in [0.2, 0.25) is 17.7 Å². The lowest BCUT2D eigenvalue weighted by atomic mass is 9.94. The maximum absolute atomic E-state index is 13.6. The number of aliphatic hydroxyl groups is 1. The van der Waals surface area contributed by atoms with Crippen LogP contribution in [-0.2, 0) is 14.4 Å². The van der Waals surface area contributed by atoms with Crippen LogP contribution in [0.5, 0.6) is 0 Å². The molecular weight excluding hydrogens is 418 g/mol. The second-order valence-corrected chi connectivity index (χ2v) is 10.3. The molecule has 7 nitrogen and oxygen atoms in total. The predicted molar refractivity (Wildman–Crippen MR) is 126 cm³/mol. The summed E-state index contributed by atoms with van der Waals surface area (Å²) >= 11 is 0. The minimum atomic E-state index is -0.811. The fourth-order valence-electron chi connectivity index (χ4n) is 5.79. The lowest BCUT2D eigenvalue weighted by Gasteiger charge is -2.31. The number of hydrogen-bond acceptors (Lipinski definition) is 4. The molecule has 0 radical (unpaired) electrons. The first-order valence-electron chi connectivity index (χ1n) is 12.9. The highest BCUT2D eigenvalue weighted by atomic mass is 16.3. The molecule has 4 atom stereocenters. The van der Waals surface area contributed by atoms with Crippen LogP contribution in [-0.4, -0.2) is 63.8 Å². The maximum atomic E-state index is 13.6. The predicted octanol–water partition coefficient (Wildman–Crippen LogP) is 3.46. The van der Waals surface area contributed by atoms with E-state index in [4.69, 9.17) is 0 Å². The second kappa shape index (κ2) is 10.3. The van der Waals surface area contributed by atoms with Gasteiger partial charge in [0.1, 0.15) is 17.3 Å². The van der Waals surface area contributed by atoms with Crippen molar-refractivity contribution in [3.8, 4) is 0 Å². The van der Waals surface area contributed by atoms with Crippen molar-refractivity contribution in [3.05, 3.63) is 24.5 Å². The molecule has 4 rings (SSSR count). The molecule has 2 saturated heterocycles. The van der Waals surface area contributed by atoms with E-state index in [0.717, 1.165) is 64.5 Å². The average Bonchev–Trinajstić information content (AvgIpc) is 3.27. The van der Waals surface area contributed by atoms with Crippen LogP contribution in [0.3, 0.4) is 0 Å². The fourth-order valence-corrected chi connectivity index (χ4v) is 5.79. The molecule has 3 aliphatic heterocycles. The molecule has 3 amide bonds. The van der Waals surface area contributed by atoms with Gasteiger partial charge in [0.15, 0.2) is 0 Å². The Hall–Kier alpha value is -2.31. The van der Waals surface area contributed by atoms with Crippen molar-refractivity contribution in [1.29, 1.82) is 0 Å². The van der Waals surface area contributed by atoms with Crippen LogP contribution in [0, 0.1) is 11.8 Å². The number of nitrogens with one attached hydrogen (secondary N) is 1. The number of rotatable bonds is 3. The Morgan fingerprint density at radius 3 is 2.58 bits per heavy atom. The number of piperidine rings is 1. The Balaban J connectivity index is 1.51. The lowest BCUT2D eigenvalue weighted by molar-refractivity contribution is -0.145. The van der Waals surface area contributed by atoms with Crippen molar-refractivity contribution in [1.82, 2.24) is 15.1 Å². The molecule has 1 saturated carbocycles. The minimum absolute atomic E-state index is 0.0179. The first-order chi connectivity index (χ1) is 15.9. The largest absolute Gasteiger partial charge is 0.510 e. The van der Waals surface area contributed by atoms with Crippen LogP contribution >= 0.6 is 0 Å².